The monoisotopic (exact) mass is 476 g/mol. The lowest BCUT2D eigenvalue weighted by atomic mass is 9.97. The van der Waals surface area contributed by atoms with E-state index in [4.69, 9.17) is 4.98 Å². The number of anilines is 1. The predicted molar refractivity (Wildman–Crippen MR) is 134 cm³/mol. The first-order valence-electron chi connectivity index (χ1n) is 11.3. The van der Waals surface area contributed by atoms with E-state index < -0.39 is 0 Å². The van der Waals surface area contributed by atoms with Gasteiger partial charge >= 0.3 is 0 Å². The maximum atomic E-state index is 13.9. The largest absolute Gasteiger partial charge is 0.352 e. The first kappa shape index (κ1) is 22.3. The molecule has 0 saturated carbocycles. The minimum Gasteiger partial charge on any atom is -0.352 e. The maximum absolute atomic E-state index is 13.9. The minimum atomic E-state index is -0.330. The number of nitrogens with one attached hydrogen (secondary N) is 2. The summed E-state index contributed by atoms with van der Waals surface area (Å²) in [5.74, 6) is -0.230. The molecule has 174 valence electrons. The van der Waals surface area contributed by atoms with E-state index in [2.05, 4.69) is 10.3 Å². The van der Waals surface area contributed by atoms with Crippen LogP contribution < -0.4 is 15.8 Å². The highest BCUT2D eigenvalue weighted by Crippen LogP contribution is 2.32. The van der Waals surface area contributed by atoms with Gasteiger partial charge < -0.3 is 10.2 Å². The second-order valence-electron chi connectivity index (χ2n) is 8.68. The van der Waals surface area contributed by atoms with Crippen molar-refractivity contribution < 1.29 is 9.18 Å². The van der Waals surface area contributed by atoms with Crippen molar-refractivity contribution in [3.05, 3.63) is 81.2 Å². The van der Waals surface area contributed by atoms with Gasteiger partial charge in [-0.1, -0.05) is 48.0 Å². The van der Waals surface area contributed by atoms with Gasteiger partial charge in [-0.15, -0.1) is 11.3 Å². The summed E-state index contributed by atoms with van der Waals surface area (Å²) < 4.78 is 14.5. The standard InChI is InChI=1S/C26H25FN4O2S/c1-16-8-10-17(11-9-16)20-15-34-23-22(20)29-26(30-25(23)33)31-12-4-6-19(14-31)24(32)28-13-18-5-2-3-7-21(18)27/h2-3,5,7-11,15,19H,4,6,12-14H2,1H3,(H,28,32)(H,29,30,33)/t19-/m0/s1. The molecule has 0 spiro atoms. The number of benzene rings is 2. The number of aromatic amines is 1. The van der Waals surface area contributed by atoms with Crippen LogP contribution in [0.25, 0.3) is 21.3 Å². The Morgan fingerprint density at radius 2 is 2.03 bits per heavy atom. The molecule has 1 saturated heterocycles. The third-order valence-corrected chi connectivity index (χ3v) is 7.25. The van der Waals surface area contributed by atoms with Crippen LogP contribution in [0.3, 0.4) is 0 Å². The van der Waals surface area contributed by atoms with Crippen LogP contribution in [0.15, 0.2) is 58.7 Å². The molecule has 2 aromatic heterocycles. The van der Waals surface area contributed by atoms with E-state index >= 15 is 0 Å². The van der Waals surface area contributed by atoms with E-state index in [1.807, 2.05) is 41.5 Å². The number of rotatable bonds is 5. The Kier molecular flexibility index (Phi) is 6.15. The summed E-state index contributed by atoms with van der Waals surface area (Å²) in [5, 5.41) is 4.83. The number of aromatic nitrogens is 2. The second-order valence-corrected chi connectivity index (χ2v) is 9.56. The van der Waals surface area contributed by atoms with Gasteiger partial charge in [-0.2, -0.15) is 0 Å². The zero-order valence-corrected chi connectivity index (χ0v) is 19.6. The number of amides is 1. The lowest BCUT2D eigenvalue weighted by molar-refractivity contribution is -0.125. The topological polar surface area (TPSA) is 78.1 Å². The highest BCUT2D eigenvalue weighted by atomic mass is 32.1. The lowest BCUT2D eigenvalue weighted by Gasteiger charge is -2.32. The smallest absolute Gasteiger partial charge is 0.270 e. The number of nitrogens with zero attached hydrogens (tertiary/aromatic N) is 2. The van der Waals surface area contributed by atoms with Crippen LogP contribution in [0, 0.1) is 18.7 Å². The molecule has 1 aliphatic rings. The summed E-state index contributed by atoms with van der Waals surface area (Å²) in [6.45, 7) is 3.34. The summed E-state index contributed by atoms with van der Waals surface area (Å²) in [6.07, 6.45) is 1.53. The van der Waals surface area contributed by atoms with Crippen molar-refractivity contribution in [2.75, 3.05) is 18.0 Å². The van der Waals surface area contributed by atoms with E-state index in [1.165, 1.54) is 23.0 Å². The van der Waals surface area contributed by atoms with Gasteiger partial charge in [0, 0.05) is 36.1 Å². The second kappa shape index (κ2) is 9.38. The molecule has 0 radical (unpaired) electrons. The Labute approximate surface area is 200 Å². The average Bonchev–Trinajstić information content (AvgIpc) is 3.28. The van der Waals surface area contributed by atoms with E-state index in [1.54, 1.807) is 18.2 Å². The molecule has 6 nitrogen and oxygen atoms in total. The normalized spacial score (nSPS) is 16.1. The van der Waals surface area contributed by atoms with Crippen molar-refractivity contribution in [3.8, 4) is 11.1 Å². The summed E-state index contributed by atoms with van der Waals surface area (Å²) in [6, 6.07) is 14.6. The van der Waals surface area contributed by atoms with E-state index in [-0.39, 0.29) is 29.7 Å². The van der Waals surface area contributed by atoms with Gasteiger partial charge in [0.2, 0.25) is 11.9 Å². The molecule has 5 rings (SSSR count). The van der Waals surface area contributed by atoms with Gasteiger partial charge in [-0.25, -0.2) is 9.37 Å². The van der Waals surface area contributed by atoms with Crippen molar-refractivity contribution in [1.82, 2.24) is 15.3 Å². The van der Waals surface area contributed by atoms with Gasteiger partial charge in [0.05, 0.1) is 11.4 Å². The molecule has 1 fully saturated rings. The molecule has 1 atom stereocenters. The van der Waals surface area contributed by atoms with E-state index in [0.717, 1.165) is 24.0 Å². The molecule has 2 N–H and O–H groups in total. The number of piperidine rings is 1. The number of H-pyrrole nitrogens is 1. The van der Waals surface area contributed by atoms with Gasteiger partial charge in [-0.3, -0.25) is 14.6 Å². The van der Waals surface area contributed by atoms with Crippen LogP contribution in [-0.2, 0) is 11.3 Å². The number of thiophene rings is 1. The molecule has 8 heteroatoms. The fourth-order valence-corrected chi connectivity index (χ4v) is 5.26. The number of carbonyl (C=O) groups excluding carboxylic acids is 1. The summed E-state index contributed by atoms with van der Waals surface area (Å²) >= 11 is 1.39. The number of hydrogen-bond donors (Lipinski definition) is 2. The maximum Gasteiger partial charge on any atom is 0.270 e. The van der Waals surface area contributed by atoms with Gasteiger partial charge in [0.25, 0.3) is 5.56 Å². The van der Waals surface area contributed by atoms with Crippen LogP contribution in [-0.4, -0.2) is 29.0 Å². The van der Waals surface area contributed by atoms with Crippen LogP contribution >= 0.6 is 11.3 Å². The Balaban J connectivity index is 1.36. The van der Waals surface area contributed by atoms with Crippen molar-refractivity contribution in [2.45, 2.75) is 26.3 Å². The Hall–Kier alpha value is -3.52. The SMILES string of the molecule is Cc1ccc(-c2csc3c(=O)[nH]c(N4CCC[C@H](C(=O)NCc5ccccc5F)C4)nc23)cc1. The quantitative estimate of drug-likeness (QED) is 0.440. The zero-order chi connectivity index (χ0) is 23.7. The molecule has 34 heavy (non-hydrogen) atoms. The molecule has 3 heterocycles. The first-order chi connectivity index (χ1) is 16.5. The number of carbonyl (C=O) groups is 1. The van der Waals surface area contributed by atoms with Gasteiger partial charge in [-0.05, 0) is 31.4 Å². The van der Waals surface area contributed by atoms with Crippen molar-refractivity contribution >= 4 is 33.4 Å². The third kappa shape index (κ3) is 4.46. The Bertz CT molecular complexity index is 1400. The molecule has 1 aliphatic heterocycles. The Morgan fingerprint density at radius 3 is 2.82 bits per heavy atom. The van der Waals surface area contributed by atoms with Gasteiger partial charge in [0.15, 0.2) is 0 Å². The van der Waals surface area contributed by atoms with Crippen molar-refractivity contribution in [3.63, 3.8) is 0 Å². The third-order valence-electron chi connectivity index (χ3n) is 6.28. The highest BCUT2D eigenvalue weighted by Gasteiger charge is 2.27. The van der Waals surface area contributed by atoms with Crippen molar-refractivity contribution in [2.24, 2.45) is 5.92 Å². The van der Waals surface area contributed by atoms with Crippen LogP contribution in [0.4, 0.5) is 10.3 Å². The molecule has 0 bridgehead atoms. The van der Waals surface area contributed by atoms with E-state index in [9.17, 15) is 14.0 Å². The minimum absolute atomic E-state index is 0.118. The van der Waals surface area contributed by atoms with Crippen molar-refractivity contribution in [1.29, 1.82) is 0 Å². The highest BCUT2D eigenvalue weighted by molar-refractivity contribution is 7.17. The lowest BCUT2D eigenvalue weighted by Crippen LogP contribution is -2.44. The van der Waals surface area contributed by atoms with Gasteiger partial charge in [0.1, 0.15) is 10.5 Å². The molecular weight excluding hydrogens is 451 g/mol. The molecular formula is C26H25FN4O2S. The zero-order valence-electron chi connectivity index (χ0n) is 18.8. The fourth-order valence-electron chi connectivity index (χ4n) is 4.36. The van der Waals surface area contributed by atoms with Crippen LogP contribution in [0.2, 0.25) is 0 Å². The molecule has 0 unspecified atom stereocenters. The van der Waals surface area contributed by atoms with Crippen LogP contribution in [0.5, 0.6) is 0 Å². The summed E-state index contributed by atoms with van der Waals surface area (Å²) in [7, 11) is 0. The molecule has 0 aliphatic carbocycles. The molecule has 2 aromatic carbocycles. The number of hydrogen-bond acceptors (Lipinski definition) is 5. The number of aryl methyl sites for hydroxylation is 1. The molecule has 1 amide bonds. The van der Waals surface area contributed by atoms with E-state index in [0.29, 0.717) is 34.8 Å². The average molecular weight is 477 g/mol. The summed E-state index contributed by atoms with van der Waals surface area (Å²) in [4.78, 5) is 35.3. The first-order valence-corrected chi connectivity index (χ1v) is 12.2. The van der Waals surface area contributed by atoms with Crippen LogP contribution in [0.1, 0.15) is 24.0 Å². The summed E-state index contributed by atoms with van der Waals surface area (Å²) in [5.41, 5.74) is 4.09. The number of fused-ring (bicyclic) bond motifs is 1. The fraction of sp³-hybridized carbons (Fsp3) is 0.269. The molecule has 4 aromatic rings. The predicted octanol–water partition coefficient (Wildman–Crippen LogP) is 4.63. The number of halogens is 1. The Morgan fingerprint density at radius 1 is 1.24 bits per heavy atom.